The lowest BCUT2D eigenvalue weighted by molar-refractivity contribution is 0.413. The van der Waals surface area contributed by atoms with Gasteiger partial charge in [0.25, 0.3) is 0 Å². The minimum absolute atomic E-state index is 0.146. The Balaban J connectivity index is 2.27. The summed E-state index contributed by atoms with van der Waals surface area (Å²) < 4.78 is 27.2. The fraction of sp³-hybridized carbons (Fsp3) is 0.333. The van der Waals surface area contributed by atoms with Gasteiger partial charge in [0.2, 0.25) is 10.0 Å². The van der Waals surface area contributed by atoms with Gasteiger partial charge in [0.05, 0.1) is 11.0 Å². The van der Waals surface area contributed by atoms with E-state index >= 15 is 0 Å². The normalized spacial score (nSPS) is 11.4. The van der Waals surface area contributed by atoms with Crippen LogP contribution >= 0.6 is 0 Å². The largest absolute Gasteiger partial charge is 0.264 e. The molecule has 0 saturated carbocycles. The zero-order chi connectivity index (χ0) is 17.4. The Bertz CT molecular complexity index is 781. The van der Waals surface area contributed by atoms with Crippen molar-refractivity contribution in [2.45, 2.75) is 37.6 Å². The first-order chi connectivity index (χ1) is 11.6. The van der Waals surface area contributed by atoms with Crippen LogP contribution < -0.4 is 0 Å². The highest BCUT2D eigenvalue weighted by Gasteiger charge is 2.24. The average molecular weight is 343 g/mol. The Morgan fingerprint density at radius 1 is 1.17 bits per heavy atom. The van der Waals surface area contributed by atoms with E-state index in [-0.39, 0.29) is 24.4 Å². The molecule has 0 spiro atoms. The number of aryl methyl sites for hydroxylation is 1. The fourth-order valence-electron chi connectivity index (χ4n) is 2.42. The van der Waals surface area contributed by atoms with Crippen LogP contribution in [0, 0.1) is 11.3 Å². The molecule has 1 heterocycles. The summed E-state index contributed by atoms with van der Waals surface area (Å²) >= 11 is 0. The maximum atomic E-state index is 12.9. The molecule has 0 saturated heterocycles. The smallest absolute Gasteiger partial charge is 0.243 e. The van der Waals surface area contributed by atoms with E-state index in [4.69, 9.17) is 5.26 Å². The van der Waals surface area contributed by atoms with Gasteiger partial charge in [0.1, 0.15) is 0 Å². The molecule has 0 aliphatic carbocycles. The second kappa shape index (κ2) is 8.57. The van der Waals surface area contributed by atoms with Crippen molar-refractivity contribution in [2.75, 3.05) is 6.54 Å². The summed E-state index contributed by atoms with van der Waals surface area (Å²) in [6, 6.07) is 12.6. The summed E-state index contributed by atoms with van der Waals surface area (Å²) in [6.07, 6.45) is 5.37. The standard InChI is InChI=1S/C18H21N3O2S/c1-2-5-16-7-9-18(10-8-16)24(22,23)21(13-4-11-19)15-17-6-3-12-20-14-17/h3,6-10,12,14H,2,4-5,13,15H2,1H3. The molecule has 0 aliphatic rings. The SMILES string of the molecule is CCCc1ccc(S(=O)(=O)N(CCC#N)Cc2cccnc2)cc1. The predicted molar refractivity (Wildman–Crippen MR) is 92.5 cm³/mol. The number of nitriles is 1. The summed E-state index contributed by atoms with van der Waals surface area (Å²) in [7, 11) is -3.65. The molecule has 5 nitrogen and oxygen atoms in total. The quantitative estimate of drug-likeness (QED) is 0.738. The van der Waals surface area contributed by atoms with Gasteiger partial charge in [-0.1, -0.05) is 31.5 Å². The Hall–Kier alpha value is -2.23. The van der Waals surface area contributed by atoms with E-state index in [1.54, 1.807) is 30.6 Å². The maximum absolute atomic E-state index is 12.9. The molecule has 0 aliphatic heterocycles. The van der Waals surface area contributed by atoms with Crippen molar-refractivity contribution in [3.8, 4) is 6.07 Å². The van der Waals surface area contributed by atoms with Crippen LogP contribution in [0.5, 0.6) is 0 Å². The Morgan fingerprint density at radius 2 is 1.92 bits per heavy atom. The Morgan fingerprint density at radius 3 is 2.50 bits per heavy atom. The van der Waals surface area contributed by atoms with Crippen LogP contribution in [0.1, 0.15) is 30.9 Å². The minimum Gasteiger partial charge on any atom is -0.264 e. The summed E-state index contributed by atoms with van der Waals surface area (Å²) in [5.74, 6) is 0. The highest BCUT2D eigenvalue weighted by Crippen LogP contribution is 2.19. The Kier molecular flexibility index (Phi) is 6.47. The van der Waals surface area contributed by atoms with E-state index in [0.717, 1.165) is 24.0 Å². The van der Waals surface area contributed by atoms with Crippen LogP contribution in [0.3, 0.4) is 0 Å². The highest BCUT2D eigenvalue weighted by molar-refractivity contribution is 7.89. The molecule has 0 amide bonds. The van der Waals surface area contributed by atoms with E-state index in [1.807, 2.05) is 24.3 Å². The third kappa shape index (κ3) is 4.63. The number of pyridine rings is 1. The second-order valence-electron chi connectivity index (χ2n) is 5.50. The molecule has 24 heavy (non-hydrogen) atoms. The van der Waals surface area contributed by atoms with Crippen molar-refractivity contribution in [1.82, 2.24) is 9.29 Å². The molecule has 0 radical (unpaired) electrons. The first-order valence-corrected chi connectivity index (χ1v) is 9.37. The van der Waals surface area contributed by atoms with Gasteiger partial charge < -0.3 is 0 Å². The van der Waals surface area contributed by atoms with Crippen LogP contribution in [0.4, 0.5) is 0 Å². The minimum atomic E-state index is -3.65. The Labute approximate surface area is 143 Å². The van der Waals surface area contributed by atoms with E-state index in [9.17, 15) is 8.42 Å². The van der Waals surface area contributed by atoms with Gasteiger partial charge in [0.15, 0.2) is 0 Å². The van der Waals surface area contributed by atoms with Gasteiger partial charge in [0, 0.05) is 31.9 Å². The van der Waals surface area contributed by atoms with Gasteiger partial charge >= 0.3 is 0 Å². The molecule has 0 N–H and O–H groups in total. The number of sulfonamides is 1. The fourth-order valence-corrected chi connectivity index (χ4v) is 3.85. The lowest BCUT2D eigenvalue weighted by Gasteiger charge is -2.21. The van der Waals surface area contributed by atoms with Gasteiger partial charge in [-0.05, 0) is 35.7 Å². The van der Waals surface area contributed by atoms with Gasteiger partial charge in [-0.15, -0.1) is 0 Å². The number of hydrogen-bond acceptors (Lipinski definition) is 4. The third-order valence-electron chi connectivity index (χ3n) is 3.65. The molecule has 1 aromatic carbocycles. The van der Waals surface area contributed by atoms with Crippen molar-refractivity contribution in [2.24, 2.45) is 0 Å². The molecule has 2 rings (SSSR count). The first kappa shape index (κ1) is 18.1. The second-order valence-corrected chi connectivity index (χ2v) is 7.44. The number of hydrogen-bond donors (Lipinski definition) is 0. The van der Waals surface area contributed by atoms with Crippen LogP contribution in [-0.4, -0.2) is 24.3 Å². The molecule has 0 bridgehead atoms. The molecule has 126 valence electrons. The van der Waals surface area contributed by atoms with Gasteiger partial charge in [-0.25, -0.2) is 8.42 Å². The van der Waals surface area contributed by atoms with E-state index in [1.165, 1.54) is 4.31 Å². The van der Waals surface area contributed by atoms with Gasteiger partial charge in [-0.2, -0.15) is 9.57 Å². The van der Waals surface area contributed by atoms with Crippen molar-refractivity contribution in [3.05, 3.63) is 59.9 Å². The average Bonchev–Trinajstić information content (AvgIpc) is 2.60. The molecular formula is C18H21N3O2S. The molecule has 0 unspecified atom stereocenters. The lowest BCUT2D eigenvalue weighted by atomic mass is 10.1. The van der Waals surface area contributed by atoms with Crippen LogP contribution in [0.15, 0.2) is 53.7 Å². The molecule has 6 heteroatoms. The predicted octanol–water partition coefficient (Wildman–Crippen LogP) is 3.14. The molecule has 0 atom stereocenters. The van der Waals surface area contributed by atoms with Crippen molar-refractivity contribution in [1.29, 1.82) is 5.26 Å². The molecular weight excluding hydrogens is 322 g/mol. The highest BCUT2D eigenvalue weighted by atomic mass is 32.2. The maximum Gasteiger partial charge on any atom is 0.243 e. The number of benzene rings is 1. The van der Waals surface area contributed by atoms with E-state index < -0.39 is 10.0 Å². The summed E-state index contributed by atoms with van der Waals surface area (Å²) in [6.45, 7) is 2.45. The number of rotatable bonds is 8. The van der Waals surface area contributed by atoms with E-state index in [0.29, 0.717) is 0 Å². The molecule has 2 aromatic rings. The monoisotopic (exact) mass is 343 g/mol. The van der Waals surface area contributed by atoms with Gasteiger partial charge in [-0.3, -0.25) is 4.98 Å². The zero-order valence-electron chi connectivity index (χ0n) is 13.7. The zero-order valence-corrected chi connectivity index (χ0v) is 14.5. The van der Waals surface area contributed by atoms with Crippen molar-refractivity contribution < 1.29 is 8.42 Å². The lowest BCUT2D eigenvalue weighted by Crippen LogP contribution is -2.31. The number of nitrogens with zero attached hydrogens (tertiary/aromatic N) is 3. The first-order valence-electron chi connectivity index (χ1n) is 7.93. The van der Waals surface area contributed by atoms with Crippen LogP contribution in [0.2, 0.25) is 0 Å². The topological polar surface area (TPSA) is 74.1 Å². The van der Waals surface area contributed by atoms with Crippen LogP contribution in [0.25, 0.3) is 0 Å². The van der Waals surface area contributed by atoms with Crippen LogP contribution in [-0.2, 0) is 23.0 Å². The van der Waals surface area contributed by atoms with Crippen molar-refractivity contribution in [3.63, 3.8) is 0 Å². The molecule has 0 fully saturated rings. The van der Waals surface area contributed by atoms with Crippen molar-refractivity contribution >= 4 is 10.0 Å². The van der Waals surface area contributed by atoms with E-state index in [2.05, 4.69) is 11.9 Å². The summed E-state index contributed by atoms with van der Waals surface area (Å²) in [4.78, 5) is 4.27. The third-order valence-corrected chi connectivity index (χ3v) is 5.51. The summed E-state index contributed by atoms with van der Waals surface area (Å²) in [5.41, 5.74) is 1.91. The molecule has 1 aromatic heterocycles. The number of aromatic nitrogens is 1. The summed E-state index contributed by atoms with van der Waals surface area (Å²) in [5, 5.41) is 8.83.